The Balaban J connectivity index is 1.89. The van der Waals surface area contributed by atoms with Crippen molar-refractivity contribution >= 4 is 34.2 Å². The molecule has 0 fully saturated rings. The van der Waals surface area contributed by atoms with Gasteiger partial charge in [0.2, 0.25) is 5.91 Å². The first-order chi connectivity index (χ1) is 10.1. The number of anilines is 1. The fourth-order valence-electron chi connectivity index (χ4n) is 2.00. The molecule has 0 saturated carbocycles. The summed E-state index contributed by atoms with van der Waals surface area (Å²) < 4.78 is 1.13. The van der Waals surface area contributed by atoms with Gasteiger partial charge in [-0.1, -0.05) is 36.4 Å². The molecule has 0 bridgehead atoms. The second-order valence-corrected chi connectivity index (χ2v) is 6.25. The van der Waals surface area contributed by atoms with Crippen molar-refractivity contribution in [2.24, 2.45) is 5.73 Å². The molecule has 0 saturated heterocycles. The third kappa shape index (κ3) is 4.82. The van der Waals surface area contributed by atoms with Crippen LogP contribution in [-0.4, -0.2) is 11.9 Å². The van der Waals surface area contributed by atoms with Crippen LogP contribution in [0.4, 0.5) is 5.69 Å². The molecule has 3 nitrogen and oxygen atoms in total. The van der Waals surface area contributed by atoms with E-state index in [1.165, 1.54) is 11.1 Å². The standard InChI is InChI=1S/C17H19IN2O/c1-12-7-9-14(11-15(12)18)20-17(21)16(19)10-8-13-5-3-2-4-6-13/h2-7,9,11,16H,8,10,19H2,1H3,(H,20,21). The Hall–Kier alpha value is -1.40. The molecular formula is C17H19IN2O. The minimum absolute atomic E-state index is 0.134. The van der Waals surface area contributed by atoms with Crippen LogP contribution in [0.2, 0.25) is 0 Å². The minimum Gasteiger partial charge on any atom is -0.325 e. The SMILES string of the molecule is Cc1ccc(NC(=O)C(N)CCc2ccccc2)cc1I. The van der Waals surface area contributed by atoms with Crippen LogP contribution >= 0.6 is 22.6 Å². The normalized spacial score (nSPS) is 12.0. The van der Waals surface area contributed by atoms with Crippen LogP contribution in [0.5, 0.6) is 0 Å². The molecule has 3 N–H and O–H groups in total. The third-order valence-electron chi connectivity index (χ3n) is 3.36. The number of aryl methyl sites for hydroxylation is 2. The summed E-state index contributed by atoms with van der Waals surface area (Å²) in [6.07, 6.45) is 1.44. The van der Waals surface area contributed by atoms with Gasteiger partial charge in [0.05, 0.1) is 6.04 Å². The Morgan fingerprint density at radius 2 is 1.95 bits per heavy atom. The molecule has 0 aliphatic rings. The zero-order chi connectivity index (χ0) is 15.2. The van der Waals surface area contributed by atoms with E-state index in [1.54, 1.807) is 0 Å². The van der Waals surface area contributed by atoms with Crippen LogP contribution in [0.15, 0.2) is 48.5 Å². The Morgan fingerprint density at radius 1 is 1.24 bits per heavy atom. The maximum absolute atomic E-state index is 12.1. The lowest BCUT2D eigenvalue weighted by atomic mass is 10.1. The molecule has 2 aromatic rings. The highest BCUT2D eigenvalue weighted by atomic mass is 127. The molecule has 0 aromatic heterocycles. The molecule has 1 unspecified atom stereocenters. The van der Waals surface area contributed by atoms with E-state index in [4.69, 9.17) is 5.73 Å². The molecule has 0 spiro atoms. The molecule has 1 amide bonds. The van der Waals surface area contributed by atoms with Crippen LogP contribution in [0.1, 0.15) is 17.5 Å². The fourth-order valence-corrected chi connectivity index (χ4v) is 2.52. The highest BCUT2D eigenvalue weighted by molar-refractivity contribution is 14.1. The van der Waals surface area contributed by atoms with Crippen molar-refractivity contribution in [3.8, 4) is 0 Å². The molecule has 1 atom stereocenters. The van der Waals surface area contributed by atoms with Gasteiger partial charge < -0.3 is 11.1 Å². The molecule has 0 radical (unpaired) electrons. The van der Waals surface area contributed by atoms with Crippen molar-refractivity contribution in [1.82, 2.24) is 0 Å². The predicted octanol–water partition coefficient (Wildman–Crippen LogP) is 3.50. The number of carbonyl (C=O) groups excluding carboxylic acids is 1. The molecular weight excluding hydrogens is 375 g/mol. The van der Waals surface area contributed by atoms with Crippen molar-refractivity contribution in [3.63, 3.8) is 0 Å². The molecule has 0 aliphatic heterocycles. The summed E-state index contributed by atoms with van der Waals surface area (Å²) in [4.78, 5) is 12.1. The van der Waals surface area contributed by atoms with Gasteiger partial charge in [-0.05, 0) is 65.6 Å². The highest BCUT2D eigenvalue weighted by Gasteiger charge is 2.13. The van der Waals surface area contributed by atoms with Gasteiger partial charge in [0.15, 0.2) is 0 Å². The Bertz CT molecular complexity index is 613. The molecule has 0 aliphatic carbocycles. The summed E-state index contributed by atoms with van der Waals surface area (Å²) >= 11 is 2.26. The third-order valence-corrected chi connectivity index (χ3v) is 4.53. The monoisotopic (exact) mass is 394 g/mol. The maximum Gasteiger partial charge on any atom is 0.241 e. The molecule has 110 valence electrons. The molecule has 0 heterocycles. The van der Waals surface area contributed by atoms with Crippen LogP contribution < -0.4 is 11.1 Å². The van der Waals surface area contributed by atoms with Crippen LogP contribution in [0, 0.1) is 10.5 Å². The summed E-state index contributed by atoms with van der Waals surface area (Å²) in [6.45, 7) is 2.04. The van der Waals surface area contributed by atoms with E-state index in [1.807, 2.05) is 55.5 Å². The molecule has 2 aromatic carbocycles. The predicted molar refractivity (Wildman–Crippen MR) is 95.3 cm³/mol. The smallest absolute Gasteiger partial charge is 0.241 e. The lowest BCUT2D eigenvalue weighted by Crippen LogP contribution is -2.36. The average molecular weight is 394 g/mol. The number of benzene rings is 2. The topological polar surface area (TPSA) is 55.1 Å². The number of amides is 1. The van der Waals surface area contributed by atoms with Gasteiger partial charge in [0, 0.05) is 9.26 Å². The quantitative estimate of drug-likeness (QED) is 0.763. The first-order valence-corrected chi connectivity index (χ1v) is 8.00. The molecule has 2 rings (SSSR count). The summed E-state index contributed by atoms with van der Waals surface area (Å²) in [5.41, 5.74) is 9.16. The minimum atomic E-state index is -0.496. The van der Waals surface area contributed by atoms with Gasteiger partial charge >= 0.3 is 0 Å². The Labute approximate surface area is 139 Å². The summed E-state index contributed by atoms with van der Waals surface area (Å²) in [6, 6.07) is 15.4. The number of halogens is 1. The number of nitrogens with two attached hydrogens (primary N) is 1. The summed E-state index contributed by atoms with van der Waals surface area (Å²) in [5, 5.41) is 2.88. The van der Waals surface area contributed by atoms with Gasteiger partial charge in [0.1, 0.15) is 0 Å². The van der Waals surface area contributed by atoms with Gasteiger partial charge in [-0.15, -0.1) is 0 Å². The summed E-state index contributed by atoms with van der Waals surface area (Å²) in [7, 11) is 0. The Kier molecular flexibility index (Phi) is 5.76. The fraction of sp³-hybridized carbons (Fsp3) is 0.235. The number of hydrogen-bond acceptors (Lipinski definition) is 2. The van der Waals surface area contributed by atoms with Gasteiger partial charge in [-0.2, -0.15) is 0 Å². The number of rotatable bonds is 5. The van der Waals surface area contributed by atoms with Crippen molar-refractivity contribution in [2.75, 3.05) is 5.32 Å². The number of carbonyl (C=O) groups is 1. The maximum atomic E-state index is 12.1. The first-order valence-electron chi connectivity index (χ1n) is 6.93. The average Bonchev–Trinajstić information content (AvgIpc) is 2.49. The lowest BCUT2D eigenvalue weighted by Gasteiger charge is -2.13. The van der Waals surface area contributed by atoms with Crippen molar-refractivity contribution < 1.29 is 4.79 Å². The van der Waals surface area contributed by atoms with Crippen molar-refractivity contribution in [1.29, 1.82) is 0 Å². The van der Waals surface area contributed by atoms with Crippen LogP contribution in [-0.2, 0) is 11.2 Å². The van der Waals surface area contributed by atoms with E-state index in [0.29, 0.717) is 6.42 Å². The van der Waals surface area contributed by atoms with E-state index < -0.39 is 6.04 Å². The van der Waals surface area contributed by atoms with Gasteiger partial charge in [0.25, 0.3) is 0 Å². The Morgan fingerprint density at radius 3 is 2.62 bits per heavy atom. The second-order valence-electron chi connectivity index (χ2n) is 5.08. The van der Waals surface area contributed by atoms with Gasteiger partial charge in [-0.25, -0.2) is 0 Å². The second kappa shape index (κ2) is 7.56. The number of nitrogens with one attached hydrogen (secondary N) is 1. The van der Waals surface area contributed by atoms with Gasteiger partial charge in [-0.3, -0.25) is 4.79 Å². The van der Waals surface area contributed by atoms with Crippen molar-refractivity contribution in [2.45, 2.75) is 25.8 Å². The first kappa shape index (κ1) is 16.0. The number of hydrogen-bond donors (Lipinski definition) is 2. The summed E-state index contributed by atoms with van der Waals surface area (Å²) in [5.74, 6) is -0.134. The largest absolute Gasteiger partial charge is 0.325 e. The van der Waals surface area contributed by atoms with Crippen molar-refractivity contribution in [3.05, 3.63) is 63.2 Å². The molecule has 21 heavy (non-hydrogen) atoms. The van der Waals surface area contributed by atoms with E-state index in [9.17, 15) is 4.79 Å². The van der Waals surface area contributed by atoms with E-state index in [-0.39, 0.29) is 5.91 Å². The van der Waals surface area contributed by atoms with E-state index >= 15 is 0 Å². The highest BCUT2D eigenvalue weighted by Crippen LogP contribution is 2.17. The zero-order valence-electron chi connectivity index (χ0n) is 12.0. The lowest BCUT2D eigenvalue weighted by molar-refractivity contribution is -0.117. The zero-order valence-corrected chi connectivity index (χ0v) is 14.1. The van der Waals surface area contributed by atoms with E-state index in [0.717, 1.165) is 15.7 Å². The van der Waals surface area contributed by atoms with E-state index in [2.05, 4.69) is 27.9 Å². The molecule has 4 heteroatoms. The van der Waals surface area contributed by atoms with Crippen LogP contribution in [0.3, 0.4) is 0 Å². The van der Waals surface area contributed by atoms with Crippen LogP contribution in [0.25, 0.3) is 0 Å².